The molecule has 1 aliphatic rings. The van der Waals surface area contributed by atoms with Crippen LogP contribution in [0.15, 0.2) is 70.6 Å². The minimum Gasteiger partial charge on any atom is -0.454 e. The third-order valence-corrected chi connectivity index (χ3v) is 5.06. The number of para-hydroxylation sites is 2. The summed E-state index contributed by atoms with van der Waals surface area (Å²) in [5, 5.41) is 3.88. The largest absolute Gasteiger partial charge is 0.454 e. The third-order valence-electron chi connectivity index (χ3n) is 3.89. The maximum Gasteiger partial charge on any atom is 0.206 e. The van der Waals surface area contributed by atoms with Crippen LogP contribution in [0.3, 0.4) is 0 Å². The first kappa shape index (κ1) is 17.7. The van der Waals surface area contributed by atoms with Gasteiger partial charge in [0.1, 0.15) is 5.75 Å². The highest BCUT2D eigenvalue weighted by atomic mass is 35.5. The Labute approximate surface area is 167 Å². The predicted octanol–water partition coefficient (Wildman–Crippen LogP) is 5.41. The number of hydrogen-bond donors (Lipinski definition) is 2. The summed E-state index contributed by atoms with van der Waals surface area (Å²) in [4.78, 5) is 10.1. The van der Waals surface area contributed by atoms with Crippen LogP contribution in [0.5, 0.6) is 11.5 Å². The summed E-state index contributed by atoms with van der Waals surface area (Å²) in [7, 11) is 0. The number of anilines is 1. The average molecular weight is 397 g/mol. The first-order chi connectivity index (χ1) is 13.2. The Balaban J connectivity index is 1.56. The van der Waals surface area contributed by atoms with Gasteiger partial charge in [-0.05, 0) is 55.3 Å². The molecule has 0 bridgehead atoms. The molecule has 0 saturated heterocycles. The molecule has 2 N–H and O–H groups in total. The Morgan fingerprint density at radius 3 is 2.70 bits per heavy atom. The van der Waals surface area contributed by atoms with Crippen LogP contribution in [-0.2, 0) is 6.54 Å². The van der Waals surface area contributed by atoms with Gasteiger partial charge in [0, 0.05) is 5.69 Å². The number of fused-ring (bicyclic) bond motifs is 1. The molecule has 5 nitrogen and oxygen atoms in total. The predicted molar refractivity (Wildman–Crippen MR) is 111 cm³/mol. The number of halogens is 1. The quantitative estimate of drug-likeness (QED) is 0.577. The van der Waals surface area contributed by atoms with Crippen molar-refractivity contribution in [3.8, 4) is 11.5 Å². The number of ether oxygens (including phenoxy) is 1. The number of aromatic nitrogens is 1. The van der Waals surface area contributed by atoms with Gasteiger partial charge < -0.3 is 10.1 Å². The molecule has 0 amide bonds. The monoisotopic (exact) mass is 396 g/mol. The van der Waals surface area contributed by atoms with Gasteiger partial charge in [0.2, 0.25) is 5.96 Å². The zero-order chi connectivity index (χ0) is 18.6. The number of nitrogens with zero attached hydrogens (tertiary/aromatic N) is 2. The van der Waals surface area contributed by atoms with E-state index in [0.717, 1.165) is 22.0 Å². The summed E-state index contributed by atoms with van der Waals surface area (Å²) >= 11 is 7.71. The summed E-state index contributed by atoms with van der Waals surface area (Å²) in [6.07, 6.45) is 0. The lowest BCUT2D eigenvalue weighted by Crippen LogP contribution is -2.29. The van der Waals surface area contributed by atoms with Crippen molar-refractivity contribution in [2.45, 2.75) is 18.4 Å². The van der Waals surface area contributed by atoms with E-state index in [0.29, 0.717) is 29.0 Å². The SMILES string of the molecule is Cc1cccc(CN=C2NSc3cccc(Oc4ccccc4Cl)c3N2)n1. The molecule has 0 unspecified atom stereocenters. The van der Waals surface area contributed by atoms with Crippen molar-refractivity contribution in [3.63, 3.8) is 0 Å². The molecule has 1 aromatic heterocycles. The standard InChI is InChI=1S/C20H17ClN4OS/c1-13-6-4-7-14(23-13)12-22-20-24-19-17(10-5-11-18(19)27-25-20)26-16-9-3-2-8-15(16)21/h2-11H,12H2,1H3,(H2,22,24,25). The molecule has 7 heteroatoms. The lowest BCUT2D eigenvalue weighted by atomic mass is 10.2. The van der Waals surface area contributed by atoms with E-state index in [2.05, 4.69) is 20.0 Å². The number of hydrogen-bond acceptors (Lipinski definition) is 4. The maximum atomic E-state index is 6.22. The highest BCUT2D eigenvalue weighted by molar-refractivity contribution is 7.98. The van der Waals surface area contributed by atoms with E-state index in [1.54, 1.807) is 6.07 Å². The molecule has 0 saturated carbocycles. The second-order valence-electron chi connectivity index (χ2n) is 5.93. The van der Waals surface area contributed by atoms with E-state index in [1.165, 1.54) is 11.9 Å². The van der Waals surface area contributed by atoms with Crippen molar-refractivity contribution < 1.29 is 4.74 Å². The van der Waals surface area contributed by atoms with Crippen LogP contribution in [0, 0.1) is 6.92 Å². The van der Waals surface area contributed by atoms with Gasteiger partial charge in [0.25, 0.3) is 0 Å². The number of nitrogens with one attached hydrogen (secondary N) is 2. The van der Waals surface area contributed by atoms with Gasteiger partial charge in [0.15, 0.2) is 5.75 Å². The highest BCUT2D eigenvalue weighted by Crippen LogP contribution is 2.40. The summed E-state index contributed by atoms with van der Waals surface area (Å²) in [5.74, 6) is 1.96. The van der Waals surface area contributed by atoms with Gasteiger partial charge in [-0.3, -0.25) is 9.71 Å². The molecule has 136 valence electrons. The van der Waals surface area contributed by atoms with E-state index in [-0.39, 0.29) is 0 Å². The zero-order valence-electron chi connectivity index (χ0n) is 14.6. The average Bonchev–Trinajstić information content (AvgIpc) is 2.68. The van der Waals surface area contributed by atoms with E-state index in [1.807, 2.05) is 61.5 Å². The van der Waals surface area contributed by atoms with Crippen LogP contribution >= 0.6 is 23.5 Å². The Bertz CT molecular complexity index is 1010. The van der Waals surface area contributed by atoms with Gasteiger partial charge in [-0.2, -0.15) is 0 Å². The van der Waals surface area contributed by atoms with Crippen molar-refractivity contribution in [2.24, 2.45) is 4.99 Å². The number of aliphatic imine (C=N–C) groups is 1. The first-order valence-corrected chi connectivity index (χ1v) is 9.61. The second kappa shape index (κ2) is 7.90. The molecule has 0 spiro atoms. The summed E-state index contributed by atoms with van der Waals surface area (Å²) in [6, 6.07) is 19.2. The fourth-order valence-corrected chi connectivity index (χ4v) is 3.51. The minimum atomic E-state index is 0.487. The molecule has 4 rings (SSSR count). The van der Waals surface area contributed by atoms with E-state index < -0.39 is 0 Å². The van der Waals surface area contributed by atoms with Crippen LogP contribution in [0.4, 0.5) is 5.69 Å². The van der Waals surface area contributed by atoms with Gasteiger partial charge in [-0.15, -0.1) is 0 Å². The number of rotatable bonds is 4. The lowest BCUT2D eigenvalue weighted by molar-refractivity contribution is 0.484. The van der Waals surface area contributed by atoms with Crippen LogP contribution in [0.1, 0.15) is 11.4 Å². The molecule has 1 aliphatic heterocycles. The molecule has 0 fully saturated rings. The summed E-state index contributed by atoms with van der Waals surface area (Å²) in [5.41, 5.74) is 2.76. The molecule has 0 aliphatic carbocycles. The van der Waals surface area contributed by atoms with Crippen LogP contribution in [0.2, 0.25) is 5.02 Å². The number of guanidine groups is 1. The minimum absolute atomic E-state index is 0.487. The normalized spacial score (nSPS) is 14.2. The smallest absolute Gasteiger partial charge is 0.206 e. The second-order valence-corrected chi connectivity index (χ2v) is 7.18. The molecular weight excluding hydrogens is 380 g/mol. The Hall–Kier alpha value is -2.70. The van der Waals surface area contributed by atoms with Crippen molar-refractivity contribution in [2.75, 3.05) is 5.32 Å². The topological polar surface area (TPSA) is 58.5 Å². The summed E-state index contributed by atoms with van der Waals surface area (Å²) in [6.45, 7) is 2.46. The summed E-state index contributed by atoms with van der Waals surface area (Å²) < 4.78 is 9.24. The van der Waals surface area contributed by atoms with Gasteiger partial charge in [-0.1, -0.05) is 35.9 Å². The number of aryl methyl sites for hydroxylation is 1. The maximum absolute atomic E-state index is 6.22. The van der Waals surface area contributed by atoms with Crippen molar-refractivity contribution in [3.05, 3.63) is 77.1 Å². The third kappa shape index (κ3) is 4.18. The molecule has 2 heterocycles. The number of pyridine rings is 1. The molecular formula is C20H17ClN4OS. The molecule has 27 heavy (non-hydrogen) atoms. The van der Waals surface area contributed by atoms with Gasteiger partial charge in [-0.25, -0.2) is 4.99 Å². The molecule has 2 aromatic carbocycles. The Morgan fingerprint density at radius 1 is 1.04 bits per heavy atom. The lowest BCUT2D eigenvalue weighted by Gasteiger charge is -2.23. The number of benzene rings is 2. The zero-order valence-corrected chi connectivity index (χ0v) is 16.1. The van der Waals surface area contributed by atoms with Crippen LogP contribution in [0.25, 0.3) is 0 Å². The van der Waals surface area contributed by atoms with Crippen LogP contribution in [-0.4, -0.2) is 10.9 Å². The first-order valence-electron chi connectivity index (χ1n) is 8.41. The van der Waals surface area contributed by atoms with Crippen LogP contribution < -0.4 is 14.8 Å². The van der Waals surface area contributed by atoms with E-state index in [4.69, 9.17) is 16.3 Å². The van der Waals surface area contributed by atoms with Gasteiger partial charge in [0.05, 0.1) is 27.8 Å². The highest BCUT2D eigenvalue weighted by Gasteiger charge is 2.19. The molecule has 3 aromatic rings. The molecule has 0 radical (unpaired) electrons. The van der Waals surface area contributed by atoms with Crippen molar-refractivity contribution in [1.29, 1.82) is 0 Å². The Kier molecular flexibility index (Phi) is 5.18. The Morgan fingerprint density at radius 2 is 1.85 bits per heavy atom. The fraction of sp³-hybridized carbons (Fsp3) is 0.100. The molecule has 0 atom stereocenters. The van der Waals surface area contributed by atoms with Crippen molar-refractivity contribution >= 4 is 35.2 Å². The van der Waals surface area contributed by atoms with Crippen molar-refractivity contribution in [1.82, 2.24) is 9.71 Å². The fourth-order valence-electron chi connectivity index (χ4n) is 2.62. The van der Waals surface area contributed by atoms with E-state index >= 15 is 0 Å². The van der Waals surface area contributed by atoms with Gasteiger partial charge >= 0.3 is 0 Å². The van der Waals surface area contributed by atoms with E-state index in [9.17, 15) is 0 Å².